The van der Waals surface area contributed by atoms with Crippen LogP contribution in [0.3, 0.4) is 0 Å². The van der Waals surface area contributed by atoms with Crippen molar-refractivity contribution in [2.45, 2.75) is 40.2 Å². The van der Waals surface area contributed by atoms with Crippen LogP contribution in [0.5, 0.6) is 23.0 Å². The molecule has 1 aromatic heterocycles. The number of methoxy groups -OCH3 is 2. The second-order valence-electron chi connectivity index (χ2n) is 7.93. The van der Waals surface area contributed by atoms with Crippen molar-refractivity contribution in [2.24, 2.45) is 0 Å². The number of aryl methyl sites for hydroxylation is 2. The molecule has 0 fully saturated rings. The number of nitrogens with zero attached hydrogens (tertiary/aromatic N) is 1. The first-order chi connectivity index (χ1) is 17.4. The SMILES string of the molecule is CCCCOc1ccc(C(=O)NNC(=O)c2ccc(OCc3c(C)noc3C)c(OC)c2)cc1OC. The summed E-state index contributed by atoms with van der Waals surface area (Å²) in [5.41, 5.74) is 6.97. The predicted molar refractivity (Wildman–Crippen MR) is 132 cm³/mol. The van der Waals surface area contributed by atoms with Crippen LogP contribution in [0.15, 0.2) is 40.9 Å². The number of nitrogens with one attached hydrogen (secondary N) is 2. The monoisotopic (exact) mass is 497 g/mol. The molecule has 0 atom stereocenters. The number of hydrazine groups is 1. The van der Waals surface area contributed by atoms with Crippen molar-refractivity contribution in [3.8, 4) is 23.0 Å². The maximum atomic E-state index is 12.6. The molecule has 0 saturated carbocycles. The molecule has 0 saturated heterocycles. The zero-order valence-electron chi connectivity index (χ0n) is 21.1. The van der Waals surface area contributed by atoms with Crippen LogP contribution in [0.2, 0.25) is 0 Å². The van der Waals surface area contributed by atoms with E-state index in [1.807, 2.05) is 13.8 Å². The van der Waals surface area contributed by atoms with Crippen LogP contribution in [-0.4, -0.2) is 37.8 Å². The van der Waals surface area contributed by atoms with Gasteiger partial charge in [-0.25, -0.2) is 0 Å². The van der Waals surface area contributed by atoms with Gasteiger partial charge in [-0.1, -0.05) is 18.5 Å². The summed E-state index contributed by atoms with van der Waals surface area (Å²) in [6.07, 6.45) is 1.92. The highest BCUT2D eigenvalue weighted by atomic mass is 16.5. The summed E-state index contributed by atoms with van der Waals surface area (Å²) in [5, 5.41) is 3.91. The van der Waals surface area contributed by atoms with Crippen molar-refractivity contribution in [1.29, 1.82) is 0 Å². The lowest BCUT2D eigenvalue weighted by Crippen LogP contribution is -2.41. The number of carbonyl (C=O) groups is 2. The highest BCUT2D eigenvalue weighted by Gasteiger charge is 2.16. The van der Waals surface area contributed by atoms with E-state index < -0.39 is 11.8 Å². The molecule has 0 bridgehead atoms. The van der Waals surface area contributed by atoms with Gasteiger partial charge < -0.3 is 23.5 Å². The topological polar surface area (TPSA) is 121 Å². The fourth-order valence-electron chi connectivity index (χ4n) is 3.30. The fraction of sp³-hybridized carbons (Fsp3) is 0.346. The summed E-state index contributed by atoms with van der Waals surface area (Å²) in [5.74, 6) is 1.45. The van der Waals surface area contributed by atoms with Crippen molar-refractivity contribution in [1.82, 2.24) is 16.0 Å². The summed E-state index contributed by atoms with van der Waals surface area (Å²) >= 11 is 0. The number of amides is 2. The van der Waals surface area contributed by atoms with Crippen LogP contribution < -0.4 is 29.8 Å². The Balaban J connectivity index is 1.61. The van der Waals surface area contributed by atoms with Crippen LogP contribution >= 0.6 is 0 Å². The zero-order chi connectivity index (χ0) is 26.1. The van der Waals surface area contributed by atoms with Gasteiger partial charge in [-0.15, -0.1) is 0 Å². The second-order valence-corrected chi connectivity index (χ2v) is 7.93. The van der Waals surface area contributed by atoms with Gasteiger partial charge in [0.25, 0.3) is 11.8 Å². The smallest absolute Gasteiger partial charge is 0.269 e. The van der Waals surface area contributed by atoms with E-state index >= 15 is 0 Å². The average molecular weight is 498 g/mol. The largest absolute Gasteiger partial charge is 0.493 e. The van der Waals surface area contributed by atoms with Gasteiger partial charge in [0.2, 0.25) is 0 Å². The number of hydrogen-bond donors (Lipinski definition) is 2. The van der Waals surface area contributed by atoms with E-state index in [9.17, 15) is 9.59 Å². The van der Waals surface area contributed by atoms with Crippen LogP contribution in [0.4, 0.5) is 0 Å². The van der Waals surface area contributed by atoms with Gasteiger partial charge in [0, 0.05) is 11.1 Å². The predicted octanol–water partition coefficient (Wildman–Crippen LogP) is 4.14. The minimum Gasteiger partial charge on any atom is -0.493 e. The summed E-state index contributed by atoms with van der Waals surface area (Å²) in [4.78, 5) is 25.2. The summed E-state index contributed by atoms with van der Waals surface area (Å²) in [6, 6.07) is 9.53. The quantitative estimate of drug-likeness (QED) is 0.299. The molecular formula is C26H31N3O7. The van der Waals surface area contributed by atoms with Crippen molar-refractivity contribution < 1.29 is 33.1 Å². The van der Waals surface area contributed by atoms with E-state index in [2.05, 4.69) is 22.9 Å². The molecular weight excluding hydrogens is 466 g/mol. The molecule has 192 valence electrons. The molecule has 0 unspecified atom stereocenters. The molecule has 1 heterocycles. The minimum absolute atomic E-state index is 0.241. The van der Waals surface area contributed by atoms with Crippen molar-refractivity contribution in [3.63, 3.8) is 0 Å². The number of unbranched alkanes of at least 4 members (excludes halogenated alkanes) is 1. The lowest BCUT2D eigenvalue weighted by atomic mass is 10.2. The summed E-state index contributed by atoms with van der Waals surface area (Å²) in [6.45, 7) is 6.51. The van der Waals surface area contributed by atoms with Gasteiger partial charge in [-0.05, 0) is 56.7 Å². The molecule has 10 nitrogen and oxygen atoms in total. The first-order valence-electron chi connectivity index (χ1n) is 11.5. The van der Waals surface area contributed by atoms with Crippen molar-refractivity contribution in [3.05, 3.63) is 64.5 Å². The standard InChI is InChI=1S/C26H31N3O7/c1-6-7-12-34-21-10-8-18(13-23(21)32-4)25(30)27-28-26(31)19-9-11-22(24(14-19)33-5)35-15-20-16(2)29-36-17(20)3/h8-11,13-14H,6-7,12,15H2,1-5H3,(H,27,30)(H,28,31). The minimum atomic E-state index is -0.523. The summed E-state index contributed by atoms with van der Waals surface area (Å²) < 4.78 is 27.4. The third-order valence-electron chi connectivity index (χ3n) is 5.45. The van der Waals surface area contributed by atoms with Crippen LogP contribution in [0.25, 0.3) is 0 Å². The van der Waals surface area contributed by atoms with Gasteiger partial charge in [0.1, 0.15) is 12.4 Å². The van der Waals surface area contributed by atoms with Crippen LogP contribution in [0, 0.1) is 13.8 Å². The van der Waals surface area contributed by atoms with Gasteiger partial charge in [0.05, 0.1) is 32.1 Å². The fourth-order valence-corrected chi connectivity index (χ4v) is 3.30. The molecule has 36 heavy (non-hydrogen) atoms. The third-order valence-corrected chi connectivity index (χ3v) is 5.45. The number of benzene rings is 2. The van der Waals surface area contributed by atoms with E-state index in [0.29, 0.717) is 40.9 Å². The maximum absolute atomic E-state index is 12.6. The number of rotatable bonds is 11. The maximum Gasteiger partial charge on any atom is 0.269 e. The molecule has 2 N–H and O–H groups in total. The Morgan fingerprint density at radius 1 is 0.861 bits per heavy atom. The first kappa shape index (κ1) is 26.4. The highest BCUT2D eigenvalue weighted by Crippen LogP contribution is 2.30. The Kier molecular flexibility index (Phi) is 9.15. The van der Waals surface area contributed by atoms with Gasteiger partial charge in [-0.2, -0.15) is 0 Å². The van der Waals surface area contributed by atoms with Crippen molar-refractivity contribution in [2.75, 3.05) is 20.8 Å². The van der Waals surface area contributed by atoms with Gasteiger partial charge in [-0.3, -0.25) is 20.4 Å². The molecule has 0 aliphatic carbocycles. The van der Waals surface area contributed by atoms with Crippen LogP contribution in [0.1, 0.15) is 57.5 Å². The molecule has 10 heteroatoms. The molecule has 2 amide bonds. The van der Waals surface area contributed by atoms with E-state index in [0.717, 1.165) is 24.1 Å². The van der Waals surface area contributed by atoms with Crippen molar-refractivity contribution >= 4 is 11.8 Å². The van der Waals surface area contributed by atoms with Gasteiger partial charge >= 0.3 is 0 Å². The average Bonchev–Trinajstić information content (AvgIpc) is 3.22. The Morgan fingerprint density at radius 2 is 1.42 bits per heavy atom. The lowest BCUT2D eigenvalue weighted by molar-refractivity contribution is 0.0846. The summed E-state index contributed by atoms with van der Waals surface area (Å²) in [7, 11) is 2.98. The highest BCUT2D eigenvalue weighted by molar-refractivity contribution is 5.99. The first-order valence-corrected chi connectivity index (χ1v) is 11.5. The Bertz CT molecular complexity index is 1190. The Hall–Kier alpha value is -4.21. The van der Waals surface area contributed by atoms with E-state index in [1.165, 1.54) is 20.3 Å². The number of aromatic nitrogens is 1. The van der Waals surface area contributed by atoms with E-state index in [1.54, 1.807) is 30.3 Å². The second kappa shape index (κ2) is 12.5. The zero-order valence-corrected chi connectivity index (χ0v) is 21.1. The van der Waals surface area contributed by atoms with Gasteiger partial charge in [0.15, 0.2) is 23.0 Å². The number of ether oxygens (including phenoxy) is 4. The normalized spacial score (nSPS) is 10.5. The molecule has 3 aromatic rings. The Labute approximate surface area is 209 Å². The molecule has 0 aliphatic heterocycles. The molecule has 3 rings (SSSR count). The van der Waals surface area contributed by atoms with E-state index in [-0.39, 0.29) is 12.2 Å². The molecule has 2 aromatic carbocycles. The third kappa shape index (κ3) is 6.47. The number of hydrogen-bond acceptors (Lipinski definition) is 8. The molecule has 0 aliphatic rings. The van der Waals surface area contributed by atoms with E-state index in [4.69, 9.17) is 23.5 Å². The Morgan fingerprint density at radius 3 is 1.89 bits per heavy atom. The lowest BCUT2D eigenvalue weighted by Gasteiger charge is -2.13. The number of carbonyl (C=O) groups excluding carboxylic acids is 2. The van der Waals surface area contributed by atoms with Crippen LogP contribution in [-0.2, 0) is 6.61 Å². The molecule has 0 radical (unpaired) electrons. The molecule has 0 spiro atoms.